The van der Waals surface area contributed by atoms with Crippen LogP contribution in [0.3, 0.4) is 0 Å². The van der Waals surface area contributed by atoms with Crippen LogP contribution in [-0.2, 0) is 0 Å². The fourth-order valence-electron chi connectivity index (χ4n) is 1.69. The molecule has 1 aromatic heterocycles. The molecule has 0 atom stereocenters. The molecule has 2 aromatic rings. The van der Waals surface area contributed by atoms with Crippen molar-refractivity contribution in [3.63, 3.8) is 0 Å². The van der Waals surface area contributed by atoms with Gasteiger partial charge in [0.1, 0.15) is 28.0 Å². The van der Waals surface area contributed by atoms with Crippen LogP contribution in [0.1, 0.15) is 0 Å². The predicted octanol–water partition coefficient (Wildman–Crippen LogP) is 3.43. The van der Waals surface area contributed by atoms with Crippen molar-refractivity contribution in [3.8, 4) is 28.6 Å². The van der Waals surface area contributed by atoms with Gasteiger partial charge in [-0.1, -0.05) is 11.6 Å². The average molecular weight is 407 g/mol. The SMILES string of the molecule is COc1cc(OC)c(-c2ncc(I)c(Cl)n2)c(OC)c1. The van der Waals surface area contributed by atoms with Crippen molar-refractivity contribution in [2.75, 3.05) is 21.3 Å². The fraction of sp³-hybridized carbons (Fsp3) is 0.231. The van der Waals surface area contributed by atoms with Gasteiger partial charge < -0.3 is 14.2 Å². The van der Waals surface area contributed by atoms with Crippen molar-refractivity contribution < 1.29 is 14.2 Å². The van der Waals surface area contributed by atoms with Gasteiger partial charge in [0, 0.05) is 18.3 Å². The van der Waals surface area contributed by atoms with E-state index < -0.39 is 0 Å². The molecule has 7 heteroatoms. The van der Waals surface area contributed by atoms with Crippen LogP contribution in [0, 0.1) is 3.57 Å². The first-order chi connectivity index (χ1) is 9.60. The minimum Gasteiger partial charge on any atom is -0.496 e. The van der Waals surface area contributed by atoms with Crippen molar-refractivity contribution in [2.24, 2.45) is 0 Å². The first-order valence-corrected chi connectivity index (χ1v) is 7.04. The zero-order valence-corrected chi connectivity index (χ0v) is 14.0. The predicted molar refractivity (Wildman–Crippen MR) is 84.9 cm³/mol. The summed E-state index contributed by atoms with van der Waals surface area (Å²) in [5, 5.41) is 0.385. The smallest absolute Gasteiger partial charge is 0.168 e. The van der Waals surface area contributed by atoms with Crippen LogP contribution in [0.2, 0.25) is 5.15 Å². The molecule has 0 saturated heterocycles. The molecule has 0 amide bonds. The normalized spacial score (nSPS) is 10.2. The van der Waals surface area contributed by atoms with Crippen molar-refractivity contribution in [1.82, 2.24) is 9.97 Å². The summed E-state index contributed by atoms with van der Waals surface area (Å²) >= 11 is 8.12. The molecule has 0 radical (unpaired) electrons. The van der Waals surface area contributed by atoms with Gasteiger partial charge in [0.15, 0.2) is 5.82 Å². The molecule has 0 bridgehead atoms. The molecule has 0 spiro atoms. The third kappa shape index (κ3) is 2.90. The Morgan fingerprint density at radius 1 is 1.05 bits per heavy atom. The summed E-state index contributed by atoms with van der Waals surface area (Å²) in [7, 11) is 4.70. The Bertz CT molecular complexity index is 612. The summed E-state index contributed by atoms with van der Waals surface area (Å²) in [5.41, 5.74) is 0.633. The van der Waals surface area contributed by atoms with Crippen molar-refractivity contribution in [2.45, 2.75) is 0 Å². The Labute approximate surface area is 135 Å². The third-order valence-corrected chi connectivity index (χ3v) is 4.04. The Morgan fingerprint density at radius 3 is 2.10 bits per heavy atom. The highest BCUT2D eigenvalue weighted by Crippen LogP contribution is 2.40. The maximum absolute atomic E-state index is 6.05. The number of ether oxygens (including phenoxy) is 3. The van der Waals surface area contributed by atoms with Crippen LogP contribution in [0.4, 0.5) is 0 Å². The number of nitrogens with zero attached hydrogens (tertiary/aromatic N) is 2. The van der Waals surface area contributed by atoms with E-state index in [1.807, 2.05) is 0 Å². The molecule has 0 aliphatic carbocycles. The van der Waals surface area contributed by atoms with Crippen LogP contribution in [0.15, 0.2) is 18.3 Å². The van der Waals surface area contributed by atoms with Crippen molar-refractivity contribution in [3.05, 3.63) is 27.1 Å². The standard InChI is InChI=1S/C13H12ClIN2O3/c1-18-7-4-9(19-2)11(10(5-7)20-3)13-16-6-8(15)12(14)17-13/h4-6H,1-3H3. The first kappa shape index (κ1) is 15.1. The molecule has 0 fully saturated rings. The Kier molecular flexibility index (Phi) is 4.87. The average Bonchev–Trinajstić information content (AvgIpc) is 2.48. The van der Waals surface area contributed by atoms with E-state index in [4.69, 9.17) is 25.8 Å². The molecule has 0 saturated carbocycles. The number of hydrogen-bond donors (Lipinski definition) is 0. The number of methoxy groups -OCH3 is 3. The zero-order chi connectivity index (χ0) is 14.7. The number of halogens is 2. The molecule has 2 rings (SSSR count). The highest BCUT2D eigenvalue weighted by atomic mass is 127. The third-order valence-electron chi connectivity index (χ3n) is 2.64. The molecule has 1 heterocycles. The molecule has 0 aliphatic rings. The monoisotopic (exact) mass is 406 g/mol. The fourth-order valence-corrected chi connectivity index (χ4v) is 2.08. The number of benzene rings is 1. The highest BCUT2D eigenvalue weighted by Gasteiger charge is 2.18. The zero-order valence-electron chi connectivity index (χ0n) is 11.1. The summed E-state index contributed by atoms with van der Waals surface area (Å²) in [4.78, 5) is 8.54. The largest absolute Gasteiger partial charge is 0.496 e. The number of rotatable bonds is 4. The molecule has 0 N–H and O–H groups in total. The number of hydrogen-bond acceptors (Lipinski definition) is 5. The van der Waals surface area contributed by atoms with E-state index in [1.54, 1.807) is 39.7 Å². The Balaban J connectivity index is 2.67. The summed E-state index contributed by atoms with van der Waals surface area (Å²) in [5.74, 6) is 2.17. The Morgan fingerprint density at radius 2 is 1.65 bits per heavy atom. The van der Waals surface area contributed by atoms with Crippen molar-refractivity contribution in [1.29, 1.82) is 0 Å². The van der Waals surface area contributed by atoms with Gasteiger partial charge in [-0.2, -0.15) is 0 Å². The maximum atomic E-state index is 6.05. The van der Waals surface area contributed by atoms with Crippen LogP contribution >= 0.6 is 34.2 Å². The first-order valence-electron chi connectivity index (χ1n) is 5.59. The van der Waals surface area contributed by atoms with Crippen LogP contribution in [0.25, 0.3) is 11.4 Å². The Hall–Kier alpha value is -1.28. The lowest BCUT2D eigenvalue weighted by atomic mass is 10.1. The van der Waals surface area contributed by atoms with Gasteiger partial charge in [0.05, 0.1) is 24.9 Å². The van der Waals surface area contributed by atoms with Gasteiger partial charge in [-0.15, -0.1) is 0 Å². The minimum absolute atomic E-state index is 0.385. The lowest BCUT2D eigenvalue weighted by Crippen LogP contribution is -1.99. The van der Waals surface area contributed by atoms with E-state index in [0.717, 1.165) is 3.57 Å². The van der Waals surface area contributed by atoms with E-state index in [0.29, 0.717) is 33.8 Å². The van der Waals surface area contributed by atoms with Crippen LogP contribution in [0.5, 0.6) is 17.2 Å². The van der Waals surface area contributed by atoms with Crippen molar-refractivity contribution >= 4 is 34.2 Å². The second-order valence-electron chi connectivity index (χ2n) is 3.74. The lowest BCUT2D eigenvalue weighted by Gasteiger charge is -2.14. The summed E-state index contributed by atoms with van der Waals surface area (Å²) in [6.07, 6.45) is 1.65. The summed E-state index contributed by atoms with van der Waals surface area (Å²) in [6, 6.07) is 3.49. The molecular formula is C13H12ClIN2O3. The maximum Gasteiger partial charge on any atom is 0.168 e. The molecular weight excluding hydrogens is 395 g/mol. The quantitative estimate of drug-likeness (QED) is 0.575. The minimum atomic E-state index is 0.385. The second-order valence-corrected chi connectivity index (χ2v) is 5.26. The summed E-state index contributed by atoms with van der Waals surface area (Å²) < 4.78 is 16.7. The van der Waals surface area contributed by atoms with E-state index in [-0.39, 0.29) is 0 Å². The van der Waals surface area contributed by atoms with Gasteiger partial charge in [-0.05, 0) is 22.6 Å². The molecule has 5 nitrogen and oxygen atoms in total. The molecule has 0 unspecified atom stereocenters. The molecule has 1 aromatic carbocycles. The van der Waals surface area contributed by atoms with Gasteiger partial charge in [-0.25, -0.2) is 9.97 Å². The van der Waals surface area contributed by atoms with Crippen LogP contribution < -0.4 is 14.2 Å². The van der Waals surface area contributed by atoms with Crippen LogP contribution in [-0.4, -0.2) is 31.3 Å². The summed E-state index contributed by atoms with van der Waals surface area (Å²) in [6.45, 7) is 0. The highest BCUT2D eigenvalue weighted by molar-refractivity contribution is 14.1. The molecule has 106 valence electrons. The molecule has 20 heavy (non-hydrogen) atoms. The van der Waals surface area contributed by atoms with E-state index >= 15 is 0 Å². The van der Waals surface area contributed by atoms with Gasteiger partial charge in [0.2, 0.25) is 0 Å². The van der Waals surface area contributed by atoms with E-state index in [2.05, 4.69) is 32.6 Å². The van der Waals surface area contributed by atoms with Gasteiger partial charge in [0.25, 0.3) is 0 Å². The van der Waals surface area contributed by atoms with Gasteiger partial charge in [-0.3, -0.25) is 0 Å². The van der Waals surface area contributed by atoms with Gasteiger partial charge >= 0.3 is 0 Å². The van der Waals surface area contributed by atoms with E-state index in [1.165, 1.54) is 0 Å². The van der Waals surface area contributed by atoms with E-state index in [9.17, 15) is 0 Å². The topological polar surface area (TPSA) is 53.5 Å². The second kappa shape index (κ2) is 6.45. The lowest BCUT2D eigenvalue weighted by molar-refractivity contribution is 0.377. The number of aromatic nitrogens is 2. The molecule has 0 aliphatic heterocycles.